The van der Waals surface area contributed by atoms with Crippen LogP contribution in [0.1, 0.15) is 95.3 Å². The van der Waals surface area contributed by atoms with Gasteiger partial charge in [-0.1, -0.05) is 51.1 Å². The molecule has 5 rings (SSSR count). The quantitative estimate of drug-likeness (QED) is 0.517. The van der Waals surface area contributed by atoms with E-state index in [4.69, 9.17) is 0 Å². The van der Waals surface area contributed by atoms with Gasteiger partial charge in [0.05, 0.1) is 12.2 Å². The summed E-state index contributed by atoms with van der Waals surface area (Å²) in [6.07, 6.45) is 10.1. The molecule has 0 saturated heterocycles. The second-order valence-corrected chi connectivity index (χ2v) is 12.7. The number of aliphatic hydroxyl groups excluding tert-OH is 2. The normalized spacial score (nSPS) is 45.5. The van der Waals surface area contributed by atoms with Crippen LogP contribution in [0.2, 0.25) is 0 Å². The van der Waals surface area contributed by atoms with Gasteiger partial charge in [-0.25, -0.2) is 0 Å². The van der Waals surface area contributed by atoms with E-state index in [0.717, 1.165) is 43.6 Å². The van der Waals surface area contributed by atoms with Crippen molar-refractivity contribution >= 4 is 5.78 Å². The van der Waals surface area contributed by atoms with Gasteiger partial charge < -0.3 is 10.2 Å². The average Bonchev–Trinajstić information content (AvgIpc) is 3.18. The highest BCUT2D eigenvalue weighted by molar-refractivity contribution is 5.95. The highest BCUT2D eigenvalue weighted by atomic mass is 16.3. The Morgan fingerprint density at radius 1 is 1.00 bits per heavy atom. The minimum Gasteiger partial charge on any atom is -0.393 e. The summed E-state index contributed by atoms with van der Waals surface area (Å²) in [7, 11) is 0. The van der Waals surface area contributed by atoms with Gasteiger partial charge in [-0.15, -0.1) is 0 Å². The Labute approximate surface area is 200 Å². The predicted molar refractivity (Wildman–Crippen MR) is 132 cm³/mol. The van der Waals surface area contributed by atoms with Crippen molar-refractivity contribution in [2.75, 3.05) is 0 Å². The lowest BCUT2D eigenvalue weighted by Crippen LogP contribution is -2.58. The average molecular weight is 453 g/mol. The molecule has 2 N–H and O–H groups in total. The van der Waals surface area contributed by atoms with Crippen LogP contribution < -0.4 is 0 Å². The first-order valence-electron chi connectivity index (χ1n) is 13.7. The maximum atomic E-state index is 12.7. The molecule has 0 amide bonds. The van der Waals surface area contributed by atoms with Gasteiger partial charge in [0.2, 0.25) is 0 Å². The van der Waals surface area contributed by atoms with Crippen LogP contribution in [-0.2, 0) is 0 Å². The molecule has 0 spiro atoms. The fourth-order valence-corrected chi connectivity index (χ4v) is 9.49. The minimum absolute atomic E-state index is 0.0201. The fourth-order valence-electron chi connectivity index (χ4n) is 9.49. The second-order valence-electron chi connectivity index (χ2n) is 12.7. The van der Waals surface area contributed by atoms with Gasteiger partial charge in [0.25, 0.3) is 0 Å². The Kier molecular flexibility index (Phi) is 6.27. The molecule has 0 aliphatic heterocycles. The molecule has 4 saturated carbocycles. The molecule has 10 atom stereocenters. The summed E-state index contributed by atoms with van der Waals surface area (Å²) < 4.78 is 0. The molecule has 1 aromatic rings. The summed E-state index contributed by atoms with van der Waals surface area (Å²) in [6.45, 7) is 7.21. The topological polar surface area (TPSA) is 57.5 Å². The first-order valence-corrected chi connectivity index (χ1v) is 13.7. The second kappa shape index (κ2) is 8.79. The summed E-state index contributed by atoms with van der Waals surface area (Å²) in [5.74, 6) is 3.75. The van der Waals surface area contributed by atoms with E-state index in [1.807, 2.05) is 30.3 Å². The molecule has 0 bridgehead atoms. The van der Waals surface area contributed by atoms with Crippen molar-refractivity contribution in [1.29, 1.82) is 0 Å². The molecule has 0 aromatic heterocycles. The van der Waals surface area contributed by atoms with Crippen molar-refractivity contribution in [3.8, 4) is 0 Å². The minimum atomic E-state index is -0.244. The lowest BCUT2D eigenvalue weighted by molar-refractivity contribution is -0.174. The van der Waals surface area contributed by atoms with Crippen molar-refractivity contribution in [3.05, 3.63) is 35.9 Å². The van der Waals surface area contributed by atoms with Crippen LogP contribution >= 0.6 is 0 Å². The van der Waals surface area contributed by atoms with Crippen molar-refractivity contribution in [2.45, 2.75) is 97.2 Å². The molecule has 0 radical (unpaired) electrons. The number of benzene rings is 1. The lowest BCUT2D eigenvalue weighted by atomic mass is 9.43. The summed E-state index contributed by atoms with van der Waals surface area (Å²) in [5, 5.41) is 22.0. The molecule has 1 aromatic carbocycles. The lowest BCUT2D eigenvalue weighted by Gasteiger charge is -2.62. The predicted octanol–water partition coefficient (Wildman–Crippen LogP) is 6.28. The number of ketones is 1. The van der Waals surface area contributed by atoms with Gasteiger partial charge in [-0.3, -0.25) is 4.79 Å². The molecule has 4 aliphatic carbocycles. The molecule has 4 fully saturated rings. The molecule has 0 unspecified atom stereocenters. The van der Waals surface area contributed by atoms with Gasteiger partial charge in [0.15, 0.2) is 5.78 Å². The Morgan fingerprint density at radius 3 is 2.52 bits per heavy atom. The summed E-state index contributed by atoms with van der Waals surface area (Å²) in [6, 6.07) is 9.69. The van der Waals surface area contributed by atoms with Crippen LogP contribution in [0.3, 0.4) is 0 Å². The van der Waals surface area contributed by atoms with E-state index in [2.05, 4.69) is 20.8 Å². The van der Waals surface area contributed by atoms with E-state index in [1.54, 1.807) is 0 Å². The van der Waals surface area contributed by atoms with E-state index in [9.17, 15) is 15.0 Å². The first-order chi connectivity index (χ1) is 15.7. The van der Waals surface area contributed by atoms with Gasteiger partial charge in [0.1, 0.15) is 0 Å². The number of fused-ring (bicyclic) bond motifs is 5. The molecule has 0 heterocycles. The van der Waals surface area contributed by atoms with Gasteiger partial charge >= 0.3 is 0 Å². The van der Waals surface area contributed by atoms with E-state index in [0.29, 0.717) is 36.0 Å². The van der Waals surface area contributed by atoms with Crippen LogP contribution in [0, 0.1) is 46.3 Å². The number of Topliss-reactive ketones (excluding diaryl/α,β-unsaturated/α-hetero) is 1. The van der Waals surface area contributed by atoms with E-state index >= 15 is 0 Å². The fraction of sp³-hybridized carbons (Fsp3) is 0.767. The summed E-state index contributed by atoms with van der Waals surface area (Å²) in [4.78, 5) is 12.7. The smallest absolute Gasteiger partial charge is 0.162 e. The van der Waals surface area contributed by atoms with Crippen LogP contribution in [0.15, 0.2) is 30.3 Å². The van der Waals surface area contributed by atoms with Gasteiger partial charge in [-0.2, -0.15) is 0 Å². The van der Waals surface area contributed by atoms with Crippen molar-refractivity contribution in [2.24, 2.45) is 46.3 Å². The third-order valence-corrected chi connectivity index (χ3v) is 11.4. The Bertz CT molecular complexity index is 851. The number of hydrogen-bond acceptors (Lipinski definition) is 3. The number of rotatable bonds is 5. The zero-order valence-corrected chi connectivity index (χ0v) is 20.9. The molecule has 3 nitrogen and oxygen atoms in total. The highest BCUT2D eigenvalue weighted by Crippen LogP contribution is 2.68. The third-order valence-electron chi connectivity index (χ3n) is 11.4. The van der Waals surface area contributed by atoms with E-state index in [-0.39, 0.29) is 28.8 Å². The van der Waals surface area contributed by atoms with Crippen LogP contribution in [0.4, 0.5) is 0 Å². The molecule has 3 heteroatoms. The summed E-state index contributed by atoms with van der Waals surface area (Å²) >= 11 is 0. The number of carbonyl (C=O) groups is 1. The molecule has 182 valence electrons. The Balaban J connectivity index is 1.30. The maximum absolute atomic E-state index is 12.7. The number of aliphatic hydroxyl groups is 2. The molecule has 4 aliphatic rings. The largest absolute Gasteiger partial charge is 0.393 e. The van der Waals surface area contributed by atoms with Crippen molar-refractivity contribution in [3.63, 3.8) is 0 Å². The number of carbonyl (C=O) groups excluding carboxylic acids is 1. The van der Waals surface area contributed by atoms with Gasteiger partial charge in [-0.05, 0) is 104 Å². The zero-order chi connectivity index (χ0) is 23.4. The standard InChI is InChI=1S/C30H44O3/c1-19(9-14-27(32)20-7-5-4-6-8-20)24-12-13-25-23-11-10-21-17-22(31)15-16-29(21,2)26(23)18-28(33)30(24,25)3/h4-8,19,21-26,28,31,33H,9-18H2,1-3H3/t19-,21-,22-,23-,24+,25-,26-,28+,29-,30+/m0/s1. The zero-order valence-electron chi connectivity index (χ0n) is 20.9. The maximum Gasteiger partial charge on any atom is 0.162 e. The van der Waals surface area contributed by atoms with Gasteiger partial charge in [0, 0.05) is 12.0 Å². The van der Waals surface area contributed by atoms with Crippen LogP contribution in [0.5, 0.6) is 0 Å². The molecular formula is C30H44O3. The van der Waals surface area contributed by atoms with Crippen molar-refractivity contribution < 1.29 is 15.0 Å². The first kappa shape index (κ1) is 23.5. The Morgan fingerprint density at radius 2 is 1.76 bits per heavy atom. The van der Waals surface area contributed by atoms with Crippen LogP contribution in [-0.4, -0.2) is 28.2 Å². The highest BCUT2D eigenvalue weighted by Gasteiger charge is 2.63. The van der Waals surface area contributed by atoms with E-state index in [1.165, 1.54) is 25.7 Å². The third kappa shape index (κ3) is 3.82. The monoisotopic (exact) mass is 452 g/mol. The number of hydrogen-bond donors (Lipinski definition) is 2. The summed E-state index contributed by atoms with van der Waals surface area (Å²) in [5.41, 5.74) is 1.09. The SMILES string of the molecule is C[C@@H](CCC(=O)c1ccccc1)[C@H]1CC[C@H]2[C@@H]3CC[C@H]4C[C@@H](O)CC[C@]4(C)[C@H]3C[C@@H](O)[C@]12C. The molecule has 33 heavy (non-hydrogen) atoms. The van der Waals surface area contributed by atoms with Crippen LogP contribution in [0.25, 0.3) is 0 Å². The van der Waals surface area contributed by atoms with Crippen molar-refractivity contribution in [1.82, 2.24) is 0 Å². The van der Waals surface area contributed by atoms with E-state index < -0.39 is 0 Å². The molecular weight excluding hydrogens is 408 g/mol. The Hall–Kier alpha value is -1.19.